The van der Waals surface area contributed by atoms with Gasteiger partial charge in [0.05, 0.1) is 5.92 Å². The van der Waals surface area contributed by atoms with E-state index in [-0.39, 0.29) is 29.3 Å². The third-order valence-electron chi connectivity index (χ3n) is 3.42. The van der Waals surface area contributed by atoms with Crippen molar-refractivity contribution in [1.29, 1.82) is 0 Å². The quantitative estimate of drug-likeness (QED) is 0.582. The predicted molar refractivity (Wildman–Crippen MR) is 56.7 cm³/mol. The molecule has 2 atom stereocenters. The molecule has 4 heteroatoms. The van der Waals surface area contributed by atoms with Crippen molar-refractivity contribution in [2.45, 2.75) is 32.8 Å². The maximum absolute atomic E-state index is 11.3. The molecule has 0 spiro atoms. The standard InChI is InChI=1S/C12H16O4/c1-12(2)8(10(12)11(14)15)5-6-9(13)16-7-3-4-7/h5-8,10H,3-4H2,1-2H3,(H,14,15)/t8-,10-/m0/s1. The molecule has 0 unspecified atom stereocenters. The zero-order chi connectivity index (χ0) is 11.9. The predicted octanol–water partition coefficient (Wildman–Crippen LogP) is 1.60. The van der Waals surface area contributed by atoms with Crippen molar-refractivity contribution in [2.24, 2.45) is 17.3 Å². The molecule has 2 saturated carbocycles. The first-order chi connectivity index (χ1) is 7.43. The average molecular weight is 224 g/mol. The number of carbonyl (C=O) groups excluding carboxylic acids is 1. The van der Waals surface area contributed by atoms with Gasteiger partial charge in [-0.2, -0.15) is 0 Å². The Bertz CT molecular complexity index is 352. The van der Waals surface area contributed by atoms with Gasteiger partial charge in [-0.15, -0.1) is 0 Å². The van der Waals surface area contributed by atoms with Crippen molar-refractivity contribution < 1.29 is 19.4 Å². The Hall–Kier alpha value is -1.32. The molecule has 0 saturated heterocycles. The molecule has 16 heavy (non-hydrogen) atoms. The van der Waals surface area contributed by atoms with E-state index in [2.05, 4.69) is 0 Å². The van der Waals surface area contributed by atoms with Crippen LogP contribution in [0.1, 0.15) is 26.7 Å². The van der Waals surface area contributed by atoms with Crippen molar-refractivity contribution in [3.8, 4) is 0 Å². The van der Waals surface area contributed by atoms with Gasteiger partial charge in [-0.3, -0.25) is 4.79 Å². The van der Waals surface area contributed by atoms with Crippen molar-refractivity contribution in [3.63, 3.8) is 0 Å². The Morgan fingerprint density at radius 1 is 1.38 bits per heavy atom. The molecule has 4 nitrogen and oxygen atoms in total. The summed E-state index contributed by atoms with van der Waals surface area (Å²) in [7, 11) is 0. The summed E-state index contributed by atoms with van der Waals surface area (Å²) in [6.45, 7) is 3.79. The van der Waals surface area contributed by atoms with Crippen LogP contribution in [0.25, 0.3) is 0 Å². The van der Waals surface area contributed by atoms with Gasteiger partial charge in [0, 0.05) is 6.08 Å². The van der Waals surface area contributed by atoms with E-state index in [1.165, 1.54) is 6.08 Å². The summed E-state index contributed by atoms with van der Waals surface area (Å²) in [5.41, 5.74) is -0.248. The molecule has 2 aliphatic rings. The van der Waals surface area contributed by atoms with Crippen LogP contribution in [0.5, 0.6) is 0 Å². The number of allylic oxidation sites excluding steroid dienone is 1. The maximum atomic E-state index is 11.3. The molecule has 2 rings (SSSR count). The normalized spacial score (nSPS) is 31.4. The first kappa shape index (κ1) is 11.2. The highest BCUT2D eigenvalue weighted by Gasteiger charge is 2.60. The van der Waals surface area contributed by atoms with Crippen LogP contribution in [0.3, 0.4) is 0 Å². The highest BCUT2D eigenvalue weighted by molar-refractivity contribution is 5.83. The number of carboxylic acid groups (broad SMARTS) is 1. The van der Waals surface area contributed by atoms with E-state index < -0.39 is 5.97 Å². The third kappa shape index (κ3) is 2.10. The minimum Gasteiger partial charge on any atom is -0.481 e. The van der Waals surface area contributed by atoms with Crippen molar-refractivity contribution >= 4 is 11.9 Å². The van der Waals surface area contributed by atoms with E-state index in [0.717, 1.165) is 12.8 Å². The van der Waals surface area contributed by atoms with Crippen LogP contribution >= 0.6 is 0 Å². The number of hydrogen-bond acceptors (Lipinski definition) is 3. The lowest BCUT2D eigenvalue weighted by Crippen LogP contribution is -2.03. The number of hydrogen-bond donors (Lipinski definition) is 1. The van der Waals surface area contributed by atoms with E-state index in [1.807, 2.05) is 13.8 Å². The summed E-state index contributed by atoms with van der Waals surface area (Å²) >= 11 is 0. The van der Waals surface area contributed by atoms with Crippen LogP contribution in [0.2, 0.25) is 0 Å². The van der Waals surface area contributed by atoms with Gasteiger partial charge in [-0.05, 0) is 24.2 Å². The number of esters is 1. The number of aliphatic carboxylic acids is 1. The molecule has 2 aliphatic carbocycles. The molecule has 0 aromatic heterocycles. The Balaban J connectivity index is 1.87. The van der Waals surface area contributed by atoms with Gasteiger partial charge in [0.2, 0.25) is 0 Å². The van der Waals surface area contributed by atoms with Gasteiger partial charge in [-0.25, -0.2) is 4.79 Å². The van der Waals surface area contributed by atoms with Crippen molar-refractivity contribution in [1.82, 2.24) is 0 Å². The van der Waals surface area contributed by atoms with Crippen LogP contribution in [0.15, 0.2) is 12.2 Å². The lowest BCUT2D eigenvalue weighted by molar-refractivity contribution is -0.140. The SMILES string of the molecule is CC1(C)[C@H](C(=O)O)[C@@H]1C=CC(=O)OC1CC1. The first-order valence-electron chi connectivity index (χ1n) is 5.54. The van der Waals surface area contributed by atoms with Gasteiger partial charge < -0.3 is 9.84 Å². The molecule has 1 N–H and O–H groups in total. The van der Waals surface area contributed by atoms with E-state index in [1.54, 1.807) is 6.08 Å². The largest absolute Gasteiger partial charge is 0.481 e. The van der Waals surface area contributed by atoms with Gasteiger partial charge in [0.15, 0.2) is 0 Å². The molecule has 0 bridgehead atoms. The minimum absolute atomic E-state index is 0.0586. The van der Waals surface area contributed by atoms with Gasteiger partial charge in [0.1, 0.15) is 6.10 Å². The lowest BCUT2D eigenvalue weighted by Gasteiger charge is -1.97. The third-order valence-corrected chi connectivity index (χ3v) is 3.42. The second-order valence-corrected chi connectivity index (χ2v) is 5.16. The number of carboxylic acids is 1. The second kappa shape index (κ2) is 3.61. The van der Waals surface area contributed by atoms with E-state index in [4.69, 9.17) is 9.84 Å². The fourth-order valence-electron chi connectivity index (χ4n) is 2.08. The molecule has 2 fully saturated rings. The number of carbonyl (C=O) groups is 2. The molecular weight excluding hydrogens is 208 g/mol. The van der Waals surface area contributed by atoms with Crippen molar-refractivity contribution in [3.05, 3.63) is 12.2 Å². The van der Waals surface area contributed by atoms with E-state index in [9.17, 15) is 9.59 Å². The first-order valence-corrected chi connectivity index (χ1v) is 5.54. The van der Waals surface area contributed by atoms with Crippen LogP contribution < -0.4 is 0 Å². The van der Waals surface area contributed by atoms with Crippen LogP contribution in [-0.2, 0) is 14.3 Å². The van der Waals surface area contributed by atoms with Gasteiger partial charge in [-0.1, -0.05) is 19.9 Å². The molecule has 0 radical (unpaired) electrons. The van der Waals surface area contributed by atoms with Crippen LogP contribution in [0.4, 0.5) is 0 Å². The van der Waals surface area contributed by atoms with Crippen molar-refractivity contribution in [2.75, 3.05) is 0 Å². The maximum Gasteiger partial charge on any atom is 0.330 e. The van der Waals surface area contributed by atoms with Gasteiger partial charge >= 0.3 is 11.9 Å². The summed E-state index contributed by atoms with van der Waals surface area (Å²) in [6.07, 6.45) is 5.04. The van der Waals surface area contributed by atoms with Crippen LogP contribution in [-0.4, -0.2) is 23.1 Å². The van der Waals surface area contributed by atoms with E-state index >= 15 is 0 Å². The molecule has 0 heterocycles. The summed E-state index contributed by atoms with van der Waals surface area (Å²) < 4.78 is 5.03. The van der Waals surface area contributed by atoms with Gasteiger partial charge in [0.25, 0.3) is 0 Å². The highest BCUT2D eigenvalue weighted by Crippen LogP contribution is 2.59. The molecule has 0 aliphatic heterocycles. The van der Waals surface area contributed by atoms with Crippen LogP contribution in [0, 0.1) is 17.3 Å². The fourth-order valence-corrected chi connectivity index (χ4v) is 2.08. The Morgan fingerprint density at radius 2 is 2.00 bits per heavy atom. The number of rotatable bonds is 4. The smallest absolute Gasteiger partial charge is 0.330 e. The molecule has 0 amide bonds. The molecule has 88 valence electrons. The minimum atomic E-state index is -0.796. The average Bonchev–Trinajstić information content (AvgIpc) is 3.01. The zero-order valence-corrected chi connectivity index (χ0v) is 9.47. The Kier molecular flexibility index (Phi) is 2.52. The Morgan fingerprint density at radius 3 is 2.44 bits per heavy atom. The summed E-state index contributed by atoms with van der Waals surface area (Å²) in [6, 6.07) is 0. The molecule has 0 aromatic rings. The molecular formula is C12H16O4. The van der Waals surface area contributed by atoms with E-state index in [0.29, 0.717) is 0 Å². The monoisotopic (exact) mass is 224 g/mol. The Labute approximate surface area is 94.3 Å². The number of ether oxygens (including phenoxy) is 1. The highest BCUT2D eigenvalue weighted by atomic mass is 16.5. The summed E-state index contributed by atoms with van der Waals surface area (Å²) in [5, 5.41) is 8.93. The summed E-state index contributed by atoms with van der Waals surface area (Å²) in [5.74, 6) is -1.58. The lowest BCUT2D eigenvalue weighted by atomic mass is 10.1. The molecule has 0 aromatic carbocycles. The second-order valence-electron chi connectivity index (χ2n) is 5.16. The zero-order valence-electron chi connectivity index (χ0n) is 9.47. The summed E-state index contributed by atoms with van der Waals surface area (Å²) in [4.78, 5) is 22.1. The fraction of sp³-hybridized carbons (Fsp3) is 0.667. The topological polar surface area (TPSA) is 63.6 Å².